The van der Waals surface area contributed by atoms with Gasteiger partial charge in [0.25, 0.3) is 11.8 Å². The summed E-state index contributed by atoms with van der Waals surface area (Å²) in [5.41, 5.74) is 0.831. The Kier molecular flexibility index (Phi) is 4.94. The van der Waals surface area contributed by atoms with Gasteiger partial charge in [-0.3, -0.25) is 9.59 Å². The minimum Gasteiger partial charge on any atom is -0.336 e. The van der Waals surface area contributed by atoms with E-state index in [0.29, 0.717) is 18.7 Å². The molecule has 0 N–H and O–H groups in total. The van der Waals surface area contributed by atoms with Crippen LogP contribution in [0.15, 0.2) is 52.3 Å². The van der Waals surface area contributed by atoms with Crippen LogP contribution in [-0.4, -0.2) is 44.3 Å². The number of rotatable bonds is 2. The summed E-state index contributed by atoms with van der Waals surface area (Å²) >= 11 is 0. The normalized spacial score (nSPS) is 20.6. The van der Waals surface area contributed by atoms with Crippen molar-refractivity contribution >= 4 is 27.3 Å². The predicted octanol–water partition coefficient (Wildman–Crippen LogP) is 3.51. The summed E-state index contributed by atoms with van der Waals surface area (Å²) in [7, 11) is -3.88. The van der Waals surface area contributed by atoms with E-state index >= 15 is 0 Å². The lowest BCUT2D eigenvalue weighted by Crippen LogP contribution is -2.42. The molecule has 0 bridgehead atoms. The highest BCUT2D eigenvalue weighted by molar-refractivity contribution is 7.91. The number of hydrogen-bond acceptors (Lipinski definition) is 4. The number of carbonyl (C=O) groups is 2. The summed E-state index contributed by atoms with van der Waals surface area (Å²) in [5.74, 6) is -0.496. The minimum atomic E-state index is -3.88. The number of anilines is 1. The van der Waals surface area contributed by atoms with Gasteiger partial charge in [0.2, 0.25) is 9.84 Å². The molecule has 2 amide bonds. The highest BCUT2D eigenvalue weighted by Gasteiger charge is 2.36. The third kappa shape index (κ3) is 3.13. The summed E-state index contributed by atoms with van der Waals surface area (Å²) in [6, 6.07) is 11.0. The number of nitrogens with zero attached hydrogens (tertiary/aromatic N) is 2. The molecule has 2 heterocycles. The molecular formula is C22H24N2O4S. The Labute approximate surface area is 171 Å². The van der Waals surface area contributed by atoms with E-state index in [-0.39, 0.29) is 38.9 Å². The van der Waals surface area contributed by atoms with Crippen LogP contribution in [0.25, 0.3) is 0 Å². The molecule has 2 aliphatic rings. The molecule has 29 heavy (non-hydrogen) atoms. The quantitative estimate of drug-likeness (QED) is 0.756. The fraction of sp³-hybridized carbons (Fsp3) is 0.364. The fourth-order valence-electron chi connectivity index (χ4n) is 4.22. The SMILES string of the molecule is CCN1C(=O)c2ccccc2S(=O)(=O)c2ccc(C(=O)N3CCCCC3C)cc21. The van der Waals surface area contributed by atoms with Crippen molar-refractivity contribution in [2.24, 2.45) is 0 Å². The molecule has 2 aliphatic heterocycles. The summed E-state index contributed by atoms with van der Waals surface area (Å²) in [4.78, 5) is 29.6. The zero-order valence-corrected chi connectivity index (χ0v) is 17.4. The van der Waals surface area contributed by atoms with Gasteiger partial charge in [-0.15, -0.1) is 0 Å². The number of likely N-dealkylation sites (tertiary alicyclic amines) is 1. The summed E-state index contributed by atoms with van der Waals surface area (Å²) in [5, 5.41) is 0. The van der Waals surface area contributed by atoms with E-state index in [9.17, 15) is 18.0 Å². The van der Waals surface area contributed by atoms with Crippen LogP contribution in [0.1, 0.15) is 53.8 Å². The zero-order valence-electron chi connectivity index (χ0n) is 16.6. The van der Waals surface area contributed by atoms with Crippen molar-refractivity contribution in [1.82, 2.24) is 4.90 Å². The highest BCUT2D eigenvalue weighted by atomic mass is 32.2. The summed E-state index contributed by atoms with van der Waals surface area (Å²) < 4.78 is 26.6. The largest absolute Gasteiger partial charge is 0.336 e. The third-order valence-electron chi connectivity index (χ3n) is 5.82. The van der Waals surface area contributed by atoms with Gasteiger partial charge in [0.05, 0.1) is 21.0 Å². The Hall–Kier alpha value is -2.67. The molecule has 0 aliphatic carbocycles. The standard InChI is InChI=1S/C22H24N2O4S/c1-3-23-18-14-16(21(25)24-13-7-6-8-15(24)2)11-12-20(18)29(27,28)19-10-5-4-9-17(19)22(23)26/h4-5,9-12,14-15H,3,6-8,13H2,1-2H3. The Morgan fingerprint density at radius 2 is 1.86 bits per heavy atom. The molecule has 2 aromatic carbocycles. The molecule has 6 nitrogen and oxygen atoms in total. The van der Waals surface area contributed by atoms with Gasteiger partial charge in [-0.05, 0) is 63.4 Å². The number of amides is 2. The molecule has 1 unspecified atom stereocenters. The first kappa shape index (κ1) is 19.6. The van der Waals surface area contributed by atoms with E-state index in [1.807, 2.05) is 11.8 Å². The van der Waals surface area contributed by atoms with E-state index in [1.165, 1.54) is 23.1 Å². The fourth-order valence-corrected chi connectivity index (χ4v) is 5.85. The molecule has 0 radical (unpaired) electrons. The average Bonchev–Trinajstić information content (AvgIpc) is 2.80. The molecule has 1 fully saturated rings. The second-order valence-corrected chi connectivity index (χ2v) is 9.46. The van der Waals surface area contributed by atoms with Gasteiger partial charge in [0.15, 0.2) is 0 Å². The van der Waals surface area contributed by atoms with E-state index in [2.05, 4.69) is 0 Å². The number of sulfone groups is 1. The molecule has 7 heteroatoms. The van der Waals surface area contributed by atoms with Crippen LogP contribution in [0.5, 0.6) is 0 Å². The van der Waals surface area contributed by atoms with Crippen molar-refractivity contribution in [2.45, 2.75) is 48.9 Å². The molecule has 4 rings (SSSR count). The maximum atomic E-state index is 13.3. The number of carbonyl (C=O) groups excluding carboxylic acids is 2. The maximum absolute atomic E-state index is 13.3. The van der Waals surface area contributed by atoms with Gasteiger partial charge in [0.1, 0.15) is 0 Å². The van der Waals surface area contributed by atoms with Crippen molar-refractivity contribution in [2.75, 3.05) is 18.0 Å². The van der Waals surface area contributed by atoms with E-state index < -0.39 is 9.84 Å². The first-order chi connectivity index (χ1) is 13.9. The zero-order chi connectivity index (χ0) is 20.8. The molecule has 0 saturated carbocycles. The molecule has 1 saturated heterocycles. The van der Waals surface area contributed by atoms with Crippen molar-refractivity contribution in [3.05, 3.63) is 53.6 Å². The van der Waals surface area contributed by atoms with Gasteiger partial charge in [0, 0.05) is 24.7 Å². The van der Waals surface area contributed by atoms with Crippen LogP contribution in [0.4, 0.5) is 5.69 Å². The monoisotopic (exact) mass is 412 g/mol. The minimum absolute atomic E-state index is 0.00549. The van der Waals surface area contributed by atoms with Gasteiger partial charge in [-0.2, -0.15) is 0 Å². The van der Waals surface area contributed by atoms with Crippen LogP contribution in [0.2, 0.25) is 0 Å². The third-order valence-corrected chi connectivity index (χ3v) is 7.68. The smallest absolute Gasteiger partial charge is 0.259 e. The van der Waals surface area contributed by atoms with Gasteiger partial charge < -0.3 is 9.80 Å². The van der Waals surface area contributed by atoms with Crippen molar-refractivity contribution < 1.29 is 18.0 Å². The second-order valence-electron chi connectivity index (χ2n) is 7.57. The van der Waals surface area contributed by atoms with Gasteiger partial charge in [-0.1, -0.05) is 12.1 Å². The summed E-state index contributed by atoms with van der Waals surface area (Å²) in [6.07, 6.45) is 3.02. The Morgan fingerprint density at radius 3 is 2.59 bits per heavy atom. The van der Waals surface area contributed by atoms with Crippen LogP contribution < -0.4 is 4.90 Å². The lowest BCUT2D eigenvalue weighted by atomic mass is 10.0. The lowest BCUT2D eigenvalue weighted by Gasteiger charge is -2.33. The van der Waals surface area contributed by atoms with E-state index in [1.54, 1.807) is 31.2 Å². The second kappa shape index (κ2) is 7.30. The molecular weight excluding hydrogens is 388 g/mol. The van der Waals surface area contributed by atoms with Crippen LogP contribution in [0, 0.1) is 0 Å². The Bertz CT molecular complexity index is 1090. The van der Waals surface area contributed by atoms with E-state index in [4.69, 9.17) is 0 Å². The Balaban J connectivity index is 1.86. The number of benzene rings is 2. The van der Waals surface area contributed by atoms with Crippen molar-refractivity contribution in [3.63, 3.8) is 0 Å². The molecule has 0 aromatic heterocycles. The van der Waals surface area contributed by atoms with Crippen molar-refractivity contribution in [1.29, 1.82) is 0 Å². The number of piperidine rings is 1. The summed E-state index contributed by atoms with van der Waals surface area (Å²) in [6.45, 7) is 4.82. The molecule has 152 valence electrons. The number of hydrogen-bond donors (Lipinski definition) is 0. The van der Waals surface area contributed by atoms with Crippen LogP contribution in [-0.2, 0) is 9.84 Å². The Morgan fingerprint density at radius 1 is 1.10 bits per heavy atom. The number of fused-ring (bicyclic) bond motifs is 2. The topological polar surface area (TPSA) is 74.8 Å². The maximum Gasteiger partial charge on any atom is 0.259 e. The van der Waals surface area contributed by atoms with Crippen molar-refractivity contribution in [3.8, 4) is 0 Å². The van der Waals surface area contributed by atoms with Gasteiger partial charge >= 0.3 is 0 Å². The van der Waals surface area contributed by atoms with Gasteiger partial charge in [-0.25, -0.2) is 8.42 Å². The first-order valence-electron chi connectivity index (χ1n) is 9.97. The first-order valence-corrected chi connectivity index (χ1v) is 11.5. The highest BCUT2D eigenvalue weighted by Crippen LogP contribution is 2.37. The average molecular weight is 413 g/mol. The predicted molar refractivity (Wildman–Crippen MR) is 110 cm³/mol. The molecule has 2 aromatic rings. The molecule has 1 atom stereocenters. The molecule has 0 spiro atoms. The van der Waals surface area contributed by atoms with Crippen LogP contribution in [0.3, 0.4) is 0 Å². The lowest BCUT2D eigenvalue weighted by molar-refractivity contribution is 0.0635. The van der Waals surface area contributed by atoms with E-state index in [0.717, 1.165) is 19.3 Å². The van der Waals surface area contributed by atoms with Crippen LogP contribution >= 0.6 is 0 Å².